The summed E-state index contributed by atoms with van der Waals surface area (Å²) in [5.41, 5.74) is 8.18. The normalized spacial score (nSPS) is 20.9. The lowest BCUT2D eigenvalue weighted by Crippen LogP contribution is -2.41. The minimum Gasteiger partial charge on any atom is -0.497 e. The van der Waals surface area contributed by atoms with Gasteiger partial charge in [0.15, 0.2) is 0 Å². The highest BCUT2D eigenvalue weighted by atomic mass is 16.5. The number of nitrogens with zero attached hydrogens (tertiary/aromatic N) is 1. The Morgan fingerprint density at radius 3 is 2.56 bits per heavy atom. The molecular weight excluding hydrogens is 342 g/mol. The van der Waals surface area contributed by atoms with E-state index in [-0.39, 0.29) is 23.9 Å². The molecule has 1 unspecified atom stereocenters. The van der Waals surface area contributed by atoms with Gasteiger partial charge >= 0.3 is 0 Å². The van der Waals surface area contributed by atoms with Crippen molar-refractivity contribution in [2.75, 3.05) is 32.6 Å². The van der Waals surface area contributed by atoms with E-state index in [1.165, 1.54) is 5.56 Å². The fourth-order valence-corrected chi connectivity index (χ4v) is 3.54. The van der Waals surface area contributed by atoms with Gasteiger partial charge in [0.25, 0.3) is 0 Å². The lowest BCUT2D eigenvalue weighted by atomic mass is 9.95. The van der Waals surface area contributed by atoms with Gasteiger partial charge in [0.1, 0.15) is 11.5 Å². The summed E-state index contributed by atoms with van der Waals surface area (Å²) in [5.74, 6) is 1.39. The van der Waals surface area contributed by atoms with E-state index in [2.05, 4.69) is 22.3 Å². The van der Waals surface area contributed by atoms with Gasteiger partial charge < -0.3 is 20.5 Å². The molecule has 144 valence electrons. The highest BCUT2D eigenvalue weighted by Crippen LogP contribution is 2.31. The largest absolute Gasteiger partial charge is 0.497 e. The van der Waals surface area contributed by atoms with E-state index in [0.717, 1.165) is 6.54 Å². The van der Waals surface area contributed by atoms with Crippen LogP contribution in [0.1, 0.15) is 18.4 Å². The molecule has 0 saturated carbocycles. The summed E-state index contributed by atoms with van der Waals surface area (Å²) in [6, 6.07) is 15.3. The summed E-state index contributed by atoms with van der Waals surface area (Å²) >= 11 is 0. The molecule has 1 saturated heterocycles. The number of carbonyl (C=O) groups is 1. The maximum absolute atomic E-state index is 12.8. The number of rotatable bonds is 6. The van der Waals surface area contributed by atoms with Crippen LogP contribution in [0.2, 0.25) is 0 Å². The number of likely N-dealkylation sites (tertiary alicyclic amines) is 1. The summed E-state index contributed by atoms with van der Waals surface area (Å²) in [7, 11) is 3.16. The smallest absolute Gasteiger partial charge is 0.241 e. The second kappa shape index (κ2) is 8.41. The van der Waals surface area contributed by atoms with Crippen molar-refractivity contribution in [2.45, 2.75) is 24.9 Å². The van der Waals surface area contributed by atoms with Crippen LogP contribution < -0.4 is 20.5 Å². The van der Waals surface area contributed by atoms with Crippen LogP contribution >= 0.6 is 0 Å². The number of ether oxygens (including phenoxy) is 2. The minimum absolute atomic E-state index is 0.00834. The van der Waals surface area contributed by atoms with Crippen LogP contribution in [0.3, 0.4) is 0 Å². The first-order chi connectivity index (χ1) is 13.0. The topological polar surface area (TPSA) is 76.8 Å². The van der Waals surface area contributed by atoms with Gasteiger partial charge in [-0.05, 0) is 24.6 Å². The number of nitrogens with two attached hydrogens (primary N) is 1. The number of methoxy groups -OCH3 is 2. The first kappa shape index (κ1) is 19.2. The first-order valence-corrected chi connectivity index (χ1v) is 9.11. The lowest BCUT2D eigenvalue weighted by Gasteiger charge is -2.24. The molecule has 1 amide bonds. The molecule has 0 spiro atoms. The Balaban J connectivity index is 1.69. The van der Waals surface area contributed by atoms with E-state index in [9.17, 15) is 4.79 Å². The van der Waals surface area contributed by atoms with Gasteiger partial charge in [0.2, 0.25) is 5.91 Å². The molecule has 0 aromatic heterocycles. The summed E-state index contributed by atoms with van der Waals surface area (Å²) in [4.78, 5) is 15.0. The van der Waals surface area contributed by atoms with Gasteiger partial charge in [-0.25, -0.2) is 0 Å². The van der Waals surface area contributed by atoms with Crippen LogP contribution in [0, 0.1) is 0 Å². The summed E-state index contributed by atoms with van der Waals surface area (Å²) in [6.45, 7) is 3.35. The molecule has 1 heterocycles. The molecule has 1 aliphatic heterocycles. The van der Waals surface area contributed by atoms with Gasteiger partial charge in [0.05, 0.1) is 25.9 Å². The van der Waals surface area contributed by atoms with Gasteiger partial charge in [-0.1, -0.05) is 30.3 Å². The predicted octanol–water partition coefficient (Wildman–Crippen LogP) is 2.46. The fraction of sp³-hybridized carbons (Fsp3) is 0.381. The minimum atomic E-state index is -0.305. The van der Waals surface area contributed by atoms with Gasteiger partial charge in [-0.3, -0.25) is 9.69 Å². The quantitative estimate of drug-likeness (QED) is 0.818. The van der Waals surface area contributed by atoms with E-state index >= 15 is 0 Å². The lowest BCUT2D eigenvalue weighted by molar-refractivity contribution is -0.120. The van der Waals surface area contributed by atoms with Gasteiger partial charge in [-0.15, -0.1) is 0 Å². The zero-order valence-electron chi connectivity index (χ0n) is 16.0. The second-order valence-electron chi connectivity index (χ2n) is 6.87. The molecule has 6 nitrogen and oxygen atoms in total. The maximum atomic E-state index is 12.8. The summed E-state index contributed by atoms with van der Waals surface area (Å²) in [5, 5.41) is 2.96. The first-order valence-electron chi connectivity index (χ1n) is 9.11. The SMILES string of the molecule is COc1ccc(OC)c(NC(=O)C(C)N2C[C@@H](N)[C@H](c3ccccc3)C2)c1. The number of hydrogen-bond acceptors (Lipinski definition) is 5. The van der Waals surface area contributed by atoms with Crippen LogP contribution in [0.15, 0.2) is 48.5 Å². The van der Waals surface area contributed by atoms with Crippen LogP contribution in [0.5, 0.6) is 11.5 Å². The number of carbonyl (C=O) groups excluding carboxylic acids is 1. The third-order valence-corrected chi connectivity index (χ3v) is 5.21. The molecule has 1 aliphatic rings. The van der Waals surface area contributed by atoms with Crippen molar-refractivity contribution in [3.05, 3.63) is 54.1 Å². The van der Waals surface area contributed by atoms with Crippen LogP contribution in [-0.2, 0) is 4.79 Å². The Hall–Kier alpha value is -2.57. The molecule has 27 heavy (non-hydrogen) atoms. The van der Waals surface area contributed by atoms with E-state index in [4.69, 9.17) is 15.2 Å². The van der Waals surface area contributed by atoms with Crippen LogP contribution in [0.4, 0.5) is 5.69 Å². The Bertz CT molecular complexity index is 781. The Morgan fingerprint density at radius 1 is 1.15 bits per heavy atom. The van der Waals surface area contributed by atoms with Crippen molar-refractivity contribution in [1.82, 2.24) is 4.90 Å². The highest BCUT2D eigenvalue weighted by molar-refractivity contribution is 5.96. The van der Waals surface area contributed by atoms with E-state index in [0.29, 0.717) is 23.7 Å². The number of amides is 1. The molecule has 3 rings (SSSR count). The Labute approximate surface area is 160 Å². The maximum Gasteiger partial charge on any atom is 0.241 e. The Morgan fingerprint density at radius 2 is 1.89 bits per heavy atom. The molecule has 2 aromatic rings. The average molecular weight is 369 g/mol. The molecule has 2 aromatic carbocycles. The summed E-state index contributed by atoms with van der Waals surface area (Å²) in [6.07, 6.45) is 0. The van der Waals surface area contributed by atoms with Crippen molar-refractivity contribution in [3.63, 3.8) is 0 Å². The number of hydrogen-bond donors (Lipinski definition) is 2. The third kappa shape index (κ3) is 4.23. The van der Waals surface area contributed by atoms with Crippen molar-refractivity contribution in [1.29, 1.82) is 0 Å². The Kier molecular flexibility index (Phi) is 5.98. The van der Waals surface area contributed by atoms with Crippen molar-refractivity contribution in [3.8, 4) is 11.5 Å². The number of anilines is 1. The average Bonchev–Trinajstić information content (AvgIpc) is 3.09. The molecule has 0 radical (unpaired) electrons. The molecule has 6 heteroatoms. The van der Waals surface area contributed by atoms with E-state index in [1.54, 1.807) is 32.4 Å². The van der Waals surface area contributed by atoms with Crippen molar-refractivity contribution in [2.24, 2.45) is 5.73 Å². The summed E-state index contributed by atoms with van der Waals surface area (Å²) < 4.78 is 10.6. The molecular formula is C21H27N3O3. The second-order valence-corrected chi connectivity index (χ2v) is 6.87. The van der Waals surface area contributed by atoms with Crippen LogP contribution in [0.25, 0.3) is 0 Å². The number of nitrogens with one attached hydrogen (secondary N) is 1. The van der Waals surface area contributed by atoms with Crippen molar-refractivity contribution >= 4 is 11.6 Å². The van der Waals surface area contributed by atoms with Gasteiger partial charge in [0, 0.05) is 31.1 Å². The zero-order chi connectivity index (χ0) is 19.4. The van der Waals surface area contributed by atoms with E-state index < -0.39 is 0 Å². The molecule has 3 atom stereocenters. The fourth-order valence-electron chi connectivity index (χ4n) is 3.54. The molecule has 3 N–H and O–H groups in total. The van der Waals surface area contributed by atoms with Crippen molar-refractivity contribution < 1.29 is 14.3 Å². The van der Waals surface area contributed by atoms with Crippen LogP contribution in [-0.4, -0.2) is 50.2 Å². The van der Waals surface area contributed by atoms with Gasteiger partial charge in [-0.2, -0.15) is 0 Å². The predicted molar refractivity (Wildman–Crippen MR) is 106 cm³/mol. The zero-order valence-corrected chi connectivity index (χ0v) is 16.0. The standard InChI is InChI=1S/C21H27N3O3/c1-14(21(25)23-19-11-16(26-2)9-10-20(19)27-3)24-12-17(18(22)13-24)15-7-5-4-6-8-15/h4-11,14,17-18H,12-13,22H2,1-3H3,(H,23,25)/t14?,17-,18+/m0/s1. The monoisotopic (exact) mass is 369 g/mol. The molecule has 1 fully saturated rings. The third-order valence-electron chi connectivity index (χ3n) is 5.21. The molecule has 0 aliphatic carbocycles. The number of benzene rings is 2. The highest BCUT2D eigenvalue weighted by Gasteiger charge is 2.35. The van der Waals surface area contributed by atoms with E-state index in [1.807, 2.05) is 25.1 Å². The molecule has 0 bridgehead atoms.